The number of benzene rings is 5. The number of anilines is 1. The van der Waals surface area contributed by atoms with E-state index in [1.807, 2.05) is 36.4 Å². The standard InChI is InChI=1S/C47H42Cl2N4O8/c1-47(2,3)61-46(57)53-25-33-23-41-38(51-44(55)42(60-41)31-13-16-36(17-14-31)59-26-34-20-35(48)15-18-37(34)49)21-32(33)22-40(53)43(54)52-39(45(56)58-4)19-27-5-9-29(10-6-27)30-11-7-28(24-50)8-12-30/h5-18,20-21,23,39-40,42H,19,22,25-26H2,1-4H3,(H,51,55)(H,52,54)/t39-,40?,42?/m0/s1. The Labute approximate surface area is 363 Å². The van der Waals surface area contributed by atoms with E-state index in [-0.39, 0.29) is 26.0 Å². The van der Waals surface area contributed by atoms with Gasteiger partial charge in [-0.1, -0.05) is 71.7 Å². The quantitative estimate of drug-likeness (QED) is 0.131. The molecule has 0 bridgehead atoms. The maximum absolute atomic E-state index is 14.2. The van der Waals surface area contributed by atoms with Gasteiger partial charge in [-0.25, -0.2) is 9.59 Å². The molecule has 0 spiro atoms. The fourth-order valence-corrected chi connectivity index (χ4v) is 7.49. The summed E-state index contributed by atoms with van der Waals surface area (Å²) in [5.74, 6) is -0.681. The average Bonchev–Trinajstić information content (AvgIpc) is 3.24. The van der Waals surface area contributed by atoms with Crippen LogP contribution in [0.1, 0.15) is 60.3 Å². The Bertz CT molecular complexity index is 2520. The van der Waals surface area contributed by atoms with Crippen molar-refractivity contribution in [3.8, 4) is 28.7 Å². The van der Waals surface area contributed by atoms with E-state index in [0.29, 0.717) is 49.5 Å². The Morgan fingerprint density at radius 1 is 0.934 bits per heavy atom. The zero-order chi connectivity index (χ0) is 43.4. The minimum Gasteiger partial charge on any atom is -0.489 e. The molecule has 2 unspecified atom stereocenters. The van der Waals surface area contributed by atoms with Gasteiger partial charge in [-0.2, -0.15) is 5.26 Å². The molecule has 2 aliphatic heterocycles. The van der Waals surface area contributed by atoms with Crippen molar-refractivity contribution < 1.29 is 38.1 Å². The molecule has 0 aromatic heterocycles. The van der Waals surface area contributed by atoms with Crippen molar-refractivity contribution in [2.45, 2.75) is 70.6 Å². The lowest BCUT2D eigenvalue weighted by atomic mass is 9.91. The van der Waals surface area contributed by atoms with Crippen molar-refractivity contribution in [1.82, 2.24) is 10.2 Å². The minimum atomic E-state index is -1.07. The second-order valence-corrected chi connectivity index (χ2v) is 16.5. The number of esters is 1. The largest absolute Gasteiger partial charge is 0.489 e. The highest BCUT2D eigenvalue weighted by Crippen LogP contribution is 2.40. The number of nitrogens with one attached hydrogen (secondary N) is 2. The number of carbonyl (C=O) groups excluding carboxylic acids is 4. The van der Waals surface area contributed by atoms with E-state index in [9.17, 15) is 19.2 Å². The van der Waals surface area contributed by atoms with Crippen molar-refractivity contribution in [2.24, 2.45) is 0 Å². The van der Waals surface area contributed by atoms with Crippen LogP contribution in [0.25, 0.3) is 11.1 Å². The minimum absolute atomic E-state index is 0.0139. The first-order chi connectivity index (χ1) is 29.2. The fraction of sp³-hybridized carbons (Fsp3) is 0.255. The number of fused-ring (bicyclic) bond motifs is 2. The van der Waals surface area contributed by atoms with Gasteiger partial charge in [0.05, 0.1) is 31.0 Å². The molecular formula is C47H42Cl2N4O8. The summed E-state index contributed by atoms with van der Waals surface area (Å²) in [5, 5.41) is 16.0. The molecule has 0 radical (unpaired) electrons. The average molecular weight is 862 g/mol. The fourth-order valence-electron chi connectivity index (χ4n) is 7.12. The Balaban J connectivity index is 1.08. The van der Waals surface area contributed by atoms with Crippen LogP contribution in [-0.2, 0) is 49.9 Å². The lowest BCUT2D eigenvalue weighted by molar-refractivity contribution is -0.145. The molecular weight excluding hydrogens is 819 g/mol. The van der Waals surface area contributed by atoms with E-state index < -0.39 is 47.7 Å². The third-order valence-corrected chi connectivity index (χ3v) is 10.8. The molecule has 5 aromatic rings. The van der Waals surface area contributed by atoms with Crippen molar-refractivity contribution in [2.75, 3.05) is 12.4 Å². The number of rotatable bonds is 10. The highest BCUT2D eigenvalue weighted by atomic mass is 35.5. The number of halogens is 2. The molecule has 3 amide bonds. The second-order valence-electron chi connectivity index (χ2n) is 15.7. The zero-order valence-corrected chi connectivity index (χ0v) is 35.3. The molecule has 61 heavy (non-hydrogen) atoms. The molecule has 0 fully saturated rings. The third-order valence-electron chi connectivity index (χ3n) is 10.2. The SMILES string of the molecule is COC(=O)[C@H](Cc1ccc(-c2ccc(C#N)cc2)cc1)NC(=O)C1Cc2cc3c(cc2CN1C(=O)OC(C)(C)C)OC(c1ccc(OCc2cc(Cl)ccc2Cl)cc1)C(=O)N3. The highest BCUT2D eigenvalue weighted by molar-refractivity contribution is 6.33. The molecule has 3 atom stereocenters. The van der Waals surface area contributed by atoms with Gasteiger partial charge in [0.15, 0.2) is 0 Å². The van der Waals surface area contributed by atoms with Crippen LogP contribution in [0.2, 0.25) is 10.0 Å². The summed E-state index contributed by atoms with van der Waals surface area (Å²) >= 11 is 12.4. The predicted molar refractivity (Wildman–Crippen MR) is 229 cm³/mol. The van der Waals surface area contributed by atoms with Crippen molar-refractivity contribution in [1.29, 1.82) is 5.26 Å². The van der Waals surface area contributed by atoms with Crippen LogP contribution in [0.15, 0.2) is 103 Å². The van der Waals surface area contributed by atoms with E-state index in [4.69, 9.17) is 47.4 Å². The number of ether oxygens (including phenoxy) is 4. The maximum atomic E-state index is 14.2. The second kappa shape index (κ2) is 18.0. The van der Waals surface area contributed by atoms with Crippen LogP contribution in [0.3, 0.4) is 0 Å². The van der Waals surface area contributed by atoms with Crippen LogP contribution in [0, 0.1) is 11.3 Å². The summed E-state index contributed by atoms with van der Waals surface area (Å²) in [4.78, 5) is 55.8. The number of nitrogens with zero attached hydrogens (tertiary/aromatic N) is 2. The van der Waals surface area contributed by atoms with Crippen LogP contribution in [0.4, 0.5) is 10.5 Å². The summed E-state index contributed by atoms with van der Waals surface area (Å²) in [6.07, 6.45) is -1.51. The molecule has 2 heterocycles. The lowest BCUT2D eigenvalue weighted by Crippen LogP contribution is -2.56. The summed E-state index contributed by atoms with van der Waals surface area (Å²) in [6.45, 7) is 5.39. The number of hydrogen-bond acceptors (Lipinski definition) is 9. The summed E-state index contributed by atoms with van der Waals surface area (Å²) in [6, 6.07) is 30.3. The monoisotopic (exact) mass is 860 g/mol. The van der Waals surface area contributed by atoms with Gasteiger partial charge < -0.3 is 29.6 Å². The number of amides is 3. The normalized spacial score (nSPS) is 16.1. The lowest BCUT2D eigenvalue weighted by Gasteiger charge is -2.38. The van der Waals surface area contributed by atoms with E-state index >= 15 is 0 Å². The predicted octanol–water partition coefficient (Wildman–Crippen LogP) is 8.75. The molecule has 0 saturated carbocycles. The molecule has 14 heteroatoms. The highest BCUT2D eigenvalue weighted by Gasteiger charge is 2.40. The molecule has 0 aliphatic carbocycles. The van der Waals surface area contributed by atoms with Gasteiger partial charge in [-0.15, -0.1) is 0 Å². The molecule has 2 N–H and O–H groups in total. The van der Waals surface area contributed by atoms with Crippen LogP contribution in [0.5, 0.6) is 11.5 Å². The van der Waals surface area contributed by atoms with Crippen molar-refractivity contribution in [3.05, 3.63) is 147 Å². The smallest absolute Gasteiger partial charge is 0.411 e. The Morgan fingerprint density at radius 3 is 2.28 bits per heavy atom. The Kier molecular flexibility index (Phi) is 12.5. The zero-order valence-electron chi connectivity index (χ0n) is 33.8. The summed E-state index contributed by atoms with van der Waals surface area (Å²) in [5.41, 5.74) is 5.42. The number of nitriles is 1. The van der Waals surface area contributed by atoms with Crippen LogP contribution < -0.4 is 20.1 Å². The van der Waals surface area contributed by atoms with E-state index in [1.54, 1.807) is 87.5 Å². The van der Waals surface area contributed by atoms with Gasteiger partial charge in [0.2, 0.25) is 12.0 Å². The number of methoxy groups -OCH3 is 1. The first-order valence-electron chi connectivity index (χ1n) is 19.5. The Morgan fingerprint density at radius 2 is 1.62 bits per heavy atom. The molecule has 5 aromatic carbocycles. The molecule has 312 valence electrons. The third kappa shape index (κ3) is 10.1. The summed E-state index contributed by atoms with van der Waals surface area (Å²) < 4.78 is 23.0. The summed E-state index contributed by atoms with van der Waals surface area (Å²) in [7, 11) is 1.24. The topological polar surface area (TPSA) is 156 Å². The molecule has 7 rings (SSSR count). The van der Waals surface area contributed by atoms with Crippen molar-refractivity contribution >= 4 is 52.8 Å². The van der Waals surface area contributed by atoms with Gasteiger partial charge in [-0.3, -0.25) is 14.5 Å². The molecule has 12 nitrogen and oxygen atoms in total. The van der Waals surface area contributed by atoms with Crippen LogP contribution >= 0.6 is 23.2 Å². The molecule has 2 aliphatic rings. The number of hydrogen-bond donors (Lipinski definition) is 2. The van der Waals surface area contributed by atoms with Gasteiger partial charge in [0.1, 0.15) is 35.8 Å². The van der Waals surface area contributed by atoms with Gasteiger partial charge in [0.25, 0.3) is 5.91 Å². The number of carbonyl (C=O) groups is 4. The Hall–Kier alpha value is -6.55. The molecule has 0 saturated heterocycles. The van der Waals surface area contributed by atoms with E-state index in [0.717, 1.165) is 22.3 Å². The van der Waals surface area contributed by atoms with E-state index in [1.165, 1.54) is 12.0 Å². The maximum Gasteiger partial charge on any atom is 0.411 e. The first-order valence-corrected chi connectivity index (χ1v) is 20.2. The van der Waals surface area contributed by atoms with Gasteiger partial charge in [0, 0.05) is 34.0 Å². The van der Waals surface area contributed by atoms with Gasteiger partial charge >= 0.3 is 12.1 Å². The first kappa shape index (κ1) is 42.6. The van der Waals surface area contributed by atoms with Crippen molar-refractivity contribution in [3.63, 3.8) is 0 Å². The van der Waals surface area contributed by atoms with Crippen LogP contribution in [-0.4, -0.2) is 53.6 Å². The van der Waals surface area contributed by atoms with E-state index in [2.05, 4.69) is 16.7 Å². The van der Waals surface area contributed by atoms with Gasteiger partial charge in [-0.05, 0) is 103 Å².